The van der Waals surface area contributed by atoms with E-state index in [1.54, 1.807) is 0 Å². The topological polar surface area (TPSA) is 36.1 Å². The van der Waals surface area contributed by atoms with E-state index in [-0.39, 0.29) is 0 Å². The van der Waals surface area contributed by atoms with Gasteiger partial charge in [-0.05, 0) is 0 Å². The maximum atomic E-state index is 2.94. The first-order valence-electron chi connectivity index (χ1n) is 1.77. The minimum Gasteiger partial charge on any atom is -0.242 e. The molecule has 4 heteroatoms. The van der Waals surface area contributed by atoms with Gasteiger partial charge in [0.2, 0.25) is 0 Å². The van der Waals surface area contributed by atoms with Gasteiger partial charge < -0.3 is 0 Å². The Morgan fingerprint density at radius 2 is 2.50 bits per heavy atom. The molecule has 1 aliphatic heterocycles. The van der Waals surface area contributed by atoms with Crippen molar-refractivity contribution >= 4 is 22.6 Å². The first kappa shape index (κ1) is 4.76. The lowest BCUT2D eigenvalue weighted by atomic mass is 10.7. The molecule has 6 heavy (non-hydrogen) atoms. The molecule has 1 aliphatic rings. The second-order valence-electron chi connectivity index (χ2n) is 1.12. The van der Waals surface area contributed by atoms with Crippen LogP contribution < -0.4 is 16.4 Å². The average Bonchev–Trinajstić information content (AvgIpc) is 1.86. The number of hydrogen-bond acceptors (Lipinski definition) is 3. The monoisotopic (exact) mass is 199 g/mol. The molecule has 1 saturated heterocycles. The summed E-state index contributed by atoms with van der Waals surface area (Å²) in [7, 11) is 0. The van der Waals surface area contributed by atoms with Gasteiger partial charge in [-0.15, -0.1) is 0 Å². The van der Waals surface area contributed by atoms with Gasteiger partial charge in [0.05, 0.1) is 4.05 Å². The number of nitrogens with one attached hydrogen (secondary N) is 3. The molecular weight excluding hydrogens is 193 g/mol. The summed E-state index contributed by atoms with van der Waals surface area (Å²) in [6, 6.07) is 0. The lowest BCUT2D eigenvalue weighted by Gasteiger charge is -1.90. The quantitative estimate of drug-likeness (QED) is 0.276. The van der Waals surface area contributed by atoms with Crippen LogP contribution in [0, 0.1) is 0 Å². The van der Waals surface area contributed by atoms with Gasteiger partial charge in [-0.1, -0.05) is 22.6 Å². The zero-order valence-corrected chi connectivity index (χ0v) is 5.32. The summed E-state index contributed by atoms with van der Waals surface area (Å²) >= 11 is 2.30. The first-order valence-corrected chi connectivity index (χ1v) is 3.01. The van der Waals surface area contributed by atoms with Crippen molar-refractivity contribution < 1.29 is 0 Å². The molecule has 0 aromatic rings. The van der Waals surface area contributed by atoms with E-state index in [9.17, 15) is 0 Å². The van der Waals surface area contributed by atoms with Crippen LogP contribution in [-0.2, 0) is 0 Å². The average molecular weight is 199 g/mol. The Morgan fingerprint density at radius 1 is 1.67 bits per heavy atom. The van der Waals surface area contributed by atoms with Crippen molar-refractivity contribution in [2.24, 2.45) is 0 Å². The van der Waals surface area contributed by atoms with Gasteiger partial charge in [0, 0.05) is 6.54 Å². The van der Waals surface area contributed by atoms with Gasteiger partial charge >= 0.3 is 0 Å². The third kappa shape index (κ3) is 1.04. The SMILES string of the molecule is I[C@@H]1CNNN1. The highest BCUT2D eigenvalue weighted by atomic mass is 127. The summed E-state index contributed by atoms with van der Waals surface area (Å²) in [4.78, 5) is 0. The Labute approximate surface area is 50.0 Å². The summed E-state index contributed by atoms with van der Waals surface area (Å²) in [6.07, 6.45) is 0. The molecule has 1 heterocycles. The van der Waals surface area contributed by atoms with Crippen LogP contribution in [-0.4, -0.2) is 10.6 Å². The summed E-state index contributed by atoms with van der Waals surface area (Å²) in [5.74, 6) is 0. The molecule has 0 unspecified atom stereocenters. The fourth-order valence-electron chi connectivity index (χ4n) is 0.321. The van der Waals surface area contributed by atoms with E-state index in [2.05, 4.69) is 39.0 Å². The Hall–Kier alpha value is 0.610. The van der Waals surface area contributed by atoms with Gasteiger partial charge in [-0.3, -0.25) is 0 Å². The highest BCUT2D eigenvalue weighted by molar-refractivity contribution is 14.1. The van der Waals surface area contributed by atoms with Crippen molar-refractivity contribution in [1.29, 1.82) is 0 Å². The third-order valence-electron chi connectivity index (χ3n) is 0.598. The number of halogens is 1. The third-order valence-corrected chi connectivity index (χ3v) is 1.35. The van der Waals surface area contributed by atoms with Gasteiger partial charge in [0.1, 0.15) is 0 Å². The van der Waals surface area contributed by atoms with Crippen molar-refractivity contribution in [3.05, 3.63) is 0 Å². The van der Waals surface area contributed by atoms with Gasteiger partial charge in [-0.25, -0.2) is 10.9 Å². The molecule has 3 nitrogen and oxygen atoms in total. The lowest BCUT2D eigenvalue weighted by molar-refractivity contribution is 0.590. The molecule has 0 aromatic heterocycles. The van der Waals surface area contributed by atoms with E-state index in [0.29, 0.717) is 4.05 Å². The second-order valence-corrected chi connectivity index (χ2v) is 2.62. The van der Waals surface area contributed by atoms with Crippen molar-refractivity contribution in [3.63, 3.8) is 0 Å². The minimum atomic E-state index is 0.544. The molecule has 1 atom stereocenters. The summed E-state index contributed by atoms with van der Waals surface area (Å²) in [5.41, 5.74) is 8.61. The minimum absolute atomic E-state index is 0.544. The molecule has 1 fully saturated rings. The lowest BCUT2D eigenvalue weighted by Crippen LogP contribution is -2.31. The van der Waals surface area contributed by atoms with Gasteiger partial charge in [0.15, 0.2) is 0 Å². The first-order chi connectivity index (χ1) is 2.89. The normalized spacial score (nSPS) is 34.5. The zero-order valence-electron chi connectivity index (χ0n) is 3.16. The van der Waals surface area contributed by atoms with Gasteiger partial charge in [-0.2, -0.15) is 5.53 Å². The Bertz CT molecular complexity index is 42.1. The second kappa shape index (κ2) is 2.06. The van der Waals surface area contributed by atoms with Crippen molar-refractivity contribution in [2.45, 2.75) is 4.05 Å². The van der Waals surface area contributed by atoms with E-state index in [1.807, 2.05) is 0 Å². The van der Waals surface area contributed by atoms with Crippen LogP contribution in [0.25, 0.3) is 0 Å². The Kier molecular flexibility index (Phi) is 1.63. The highest BCUT2D eigenvalue weighted by Gasteiger charge is 2.05. The summed E-state index contributed by atoms with van der Waals surface area (Å²) in [5, 5.41) is 0. The number of hydrogen-bond donors (Lipinski definition) is 3. The van der Waals surface area contributed by atoms with E-state index >= 15 is 0 Å². The fourth-order valence-corrected chi connectivity index (χ4v) is 0.697. The maximum Gasteiger partial charge on any atom is 0.0878 e. The summed E-state index contributed by atoms with van der Waals surface area (Å²) in [6.45, 7) is 1.00. The van der Waals surface area contributed by atoms with E-state index in [4.69, 9.17) is 0 Å². The van der Waals surface area contributed by atoms with E-state index < -0.39 is 0 Å². The zero-order chi connectivity index (χ0) is 4.41. The fraction of sp³-hybridized carbons (Fsp3) is 1.00. The highest BCUT2D eigenvalue weighted by Crippen LogP contribution is 1.92. The van der Waals surface area contributed by atoms with Crippen molar-refractivity contribution in [3.8, 4) is 0 Å². The largest absolute Gasteiger partial charge is 0.242 e. The van der Waals surface area contributed by atoms with Crippen LogP contribution in [0.5, 0.6) is 0 Å². The Morgan fingerprint density at radius 3 is 2.67 bits per heavy atom. The van der Waals surface area contributed by atoms with Gasteiger partial charge in [0.25, 0.3) is 0 Å². The molecule has 0 spiro atoms. The Balaban J connectivity index is 2.18. The van der Waals surface area contributed by atoms with Crippen LogP contribution in [0.3, 0.4) is 0 Å². The number of rotatable bonds is 0. The molecular formula is C2H6IN3. The molecule has 0 aromatic carbocycles. The predicted molar refractivity (Wildman–Crippen MR) is 32.1 cm³/mol. The van der Waals surface area contributed by atoms with Crippen LogP contribution in [0.15, 0.2) is 0 Å². The molecule has 0 bridgehead atoms. The molecule has 36 valence electrons. The standard InChI is InChI=1S/C2H6IN3/c3-2-1-4-6-5-2/h2,4-6H,1H2/t2-/m0/s1. The molecule has 3 N–H and O–H groups in total. The molecule has 0 amide bonds. The smallest absolute Gasteiger partial charge is 0.0878 e. The maximum absolute atomic E-state index is 2.94. The molecule has 0 radical (unpaired) electrons. The molecule has 0 saturated carbocycles. The summed E-state index contributed by atoms with van der Waals surface area (Å²) < 4.78 is 0.544. The van der Waals surface area contributed by atoms with Crippen LogP contribution in [0.2, 0.25) is 0 Å². The number of alkyl halides is 1. The van der Waals surface area contributed by atoms with E-state index in [1.165, 1.54) is 0 Å². The predicted octanol–water partition coefficient (Wildman–Crippen LogP) is -0.640. The van der Waals surface area contributed by atoms with Crippen LogP contribution in [0.1, 0.15) is 0 Å². The number of hydrazine groups is 2. The molecule has 0 aliphatic carbocycles. The van der Waals surface area contributed by atoms with Crippen LogP contribution in [0.4, 0.5) is 0 Å². The molecule has 1 rings (SSSR count). The van der Waals surface area contributed by atoms with Crippen molar-refractivity contribution in [2.75, 3.05) is 6.54 Å². The van der Waals surface area contributed by atoms with Crippen molar-refractivity contribution in [1.82, 2.24) is 16.4 Å². The van der Waals surface area contributed by atoms with Crippen LogP contribution >= 0.6 is 22.6 Å². The van der Waals surface area contributed by atoms with E-state index in [0.717, 1.165) is 6.54 Å².